The molecule has 0 amide bonds. The highest BCUT2D eigenvalue weighted by Gasteiger charge is 2.15. The van der Waals surface area contributed by atoms with Crippen LogP contribution in [-0.2, 0) is 11.3 Å². The molecule has 0 aliphatic rings. The van der Waals surface area contributed by atoms with Crippen molar-refractivity contribution in [3.05, 3.63) is 21.4 Å². The average Bonchev–Trinajstić information content (AvgIpc) is 2.51. The molecule has 1 heterocycles. The van der Waals surface area contributed by atoms with E-state index in [0.717, 1.165) is 6.42 Å². The quantitative estimate of drug-likeness (QED) is 0.840. The van der Waals surface area contributed by atoms with E-state index in [1.54, 1.807) is 11.3 Å². The normalized spacial score (nSPS) is 11.9. The molecule has 2 N–H and O–H groups in total. The fraction of sp³-hybridized carbons (Fsp3) is 0.583. The van der Waals surface area contributed by atoms with Crippen LogP contribution >= 0.6 is 23.7 Å². The lowest BCUT2D eigenvalue weighted by Crippen LogP contribution is -2.36. The summed E-state index contributed by atoms with van der Waals surface area (Å²) < 4.78 is 0. The topological polar surface area (TPSA) is 49.3 Å². The van der Waals surface area contributed by atoms with Gasteiger partial charge in [-0.15, -0.1) is 23.7 Å². The van der Waals surface area contributed by atoms with Crippen LogP contribution in [0.15, 0.2) is 6.07 Å². The van der Waals surface area contributed by atoms with Gasteiger partial charge in [-0.25, -0.2) is 0 Å². The minimum absolute atomic E-state index is 0. The molecule has 0 radical (unpaired) electrons. The molecule has 0 aliphatic heterocycles. The third-order valence-electron chi connectivity index (χ3n) is 2.56. The number of carboxylic acid groups (broad SMARTS) is 1. The maximum Gasteiger partial charge on any atom is 0.320 e. The highest BCUT2D eigenvalue weighted by molar-refractivity contribution is 7.12. The summed E-state index contributed by atoms with van der Waals surface area (Å²) >= 11 is 1.76. The van der Waals surface area contributed by atoms with Gasteiger partial charge in [-0.1, -0.05) is 13.3 Å². The predicted octanol–water partition coefficient (Wildman–Crippen LogP) is 3.13. The minimum Gasteiger partial charge on any atom is -0.480 e. The van der Waals surface area contributed by atoms with Gasteiger partial charge in [0, 0.05) is 16.3 Å². The average molecular weight is 278 g/mol. The lowest BCUT2D eigenvalue weighted by Gasteiger charge is -2.13. The first-order valence-electron chi connectivity index (χ1n) is 5.56. The third kappa shape index (κ3) is 5.06. The number of thiophene rings is 1. The number of hydrogen-bond acceptors (Lipinski definition) is 3. The van der Waals surface area contributed by atoms with E-state index in [1.165, 1.54) is 15.3 Å². The number of rotatable bonds is 6. The van der Waals surface area contributed by atoms with Gasteiger partial charge in [0.2, 0.25) is 0 Å². The van der Waals surface area contributed by atoms with Crippen LogP contribution in [0.3, 0.4) is 0 Å². The van der Waals surface area contributed by atoms with Crippen LogP contribution in [0.4, 0.5) is 0 Å². The monoisotopic (exact) mass is 277 g/mol. The van der Waals surface area contributed by atoms with Gasteiger partial charge >= 0.3 is 5.97 Å². The molecule has 1 atom stereocenters. The van der Waals surface area contributed by atoms with Crippen LogP contribution in [-0.4, -0.2) is 17.1 Å². The van der Waals surface area contributed by atoms with Crippen molar-refractivity contribution < 1.29 is 9.90 Å². The zero-order valence-corrected chi connectivity index (χ0v) is 12.1. The molecule has 98 valence electrons. The highest BCUT2D eigenvalue weighted by atomic mass is 35.5. The number of nitrogens with one attached hydrogen (secondary N) is 1. The number of carboxylic acids is 1. The lowest BCUT2D eigenvalue weighted by atomic mass is 10.1. The molecule has 1 unspecified atom stereocenters. The van der Waals surface area contributed by atoms with Gasteiger partial charge in [-0.05, 0) is 31.9 Å². The number of carbonyl (C=O) groups is 1. The third-order valence-corrected chi connectivity index (χ3v) is 3.57. The molecule has 1 aromatic rings. The number of aliphatic carboxylic acids is 1. The largest absolute Gasteiger partial charge is 0.480 e. The molecule has 0 saturated carbocycles. The summed E-state index contributed by atoms with van der Waals surface area (Å²) in [6, 6.07) is 1.70. The summed E-state index contributed by atoms with van der Waals surface area (Å²) in [5.74, 6) is -0.758. The van der Waals surface area contributed by atoms with E-state index >= 15 is 0 Å². The highest BCUT2D eigenvalue weighted by Crippen LogP contribution is 2.20. The Morgan fingerprint density at radius 2 is 2.18 bits per heavy atom. The van der Waals surface area contributed by atoms with E-state index < -0.39 is 12.0 Å². The first-order valence-corrected chi connectivity index (χ1v) is 6.38. The van der Waals surface area contributed by atoms with E-state index in [1.807, 2.05) is 6.92 Å². The van der Waals surface area contributed by atoms with Gasteiger partial charge < -0.3 is 10.4 Å². The summed E-state index contributed by atoms with van der Waals surface area (Å²) in [6.07, 6.45) is 1.56. The van der Waals surface area contributed by atoms with E-state index in [0.29, 0.717) is 13.0 Å². The Morgan fingerprint density at radius 1 is 1.53 bits per heavy atom. The van der Waals surface area contributed by atoms with E-state index in [-0.39, 0.29) is 12.4 Å². The van der Waals surface area contributed by atoms with Crippen LogP contribution in [0, 0.1) is 13.8 Å². The maximum absolute atomic E-state index is 10.9. The van der Waals surface area contributed by atoms with Crippen LogP contribution in [0.5, 0.6) is 0 Å². The van der Waals surface area contributed by atoms with Crippen molar-refractivity contribution in [1.82, 2.24) is 5.32 Å². The molecule has 5 heteroatoms. The summed E-state index contributed by atoms with van der Waals surface area (Å²) in [4.78, 5) is 13.5. The second-order valence-electron chi connectivity index (χ2n) is 4.00. The first-order chi connectivity index (χ1) is 7.54. The molecule has 0 bridgehead atoms. The van der Waals surface area contributed by atoms with Crippen molar-refractivity contribution >= 4 is 29.7 Å². The molecular weight excluding hydrogens is 258 g/mol. The van der Waals surface area contributed by atoms with Crippen molar-refractivity contribution in [2.45, 2.75) is 46.2 Å². The summed E-state index contributed by atoms with van der Waals surface area (Å²) in [7, 11) is 0. The second-order valence-corrected chi connectivity index (χ2v) is 5.46. The smallest absolute Gasteiger partial charge is 0.320 e. The van der Waals surface area contributed by atoms with Crippen LogP contribution < -0.4 is 5.32 Å². The molecule has 0 saturated heterocycles. The molecule has 3 nitrogen and oxygen atoms in total. The Bertz CT molecular complexity index is 365. The molecule has 0 spiro atoms. The van der Waals surface area contributed by atoms with Crippen LogP contribution in [0.1, 0.15) is 35.1 Å². The van der Waals surface area contributed by atoms with Crippen LogP contribution in [0.2, 0.25) is 0 Å². The van der Waals surface area contributed by atoms with Gasteiger partial charge in [-0.3, -0.25) is 4.79 Å². The molecule has 17 heavy (non-hydrogen) atoms. The van der Waals surface area contributed by atoms with Crippen molar-refractivity contribution in [3.8, 4) is 0 Å². The molecule has 0 aromatic carbocycles. The Morgan fingerprint density at radius 3 is 2.59 bits per heavy atom. The van der Waals surface area contributed by atoms with E-state index in [9.17, 15) is 4.79 Å². The SMILES string of the molecule is CCCC(NCc1cc(C)sc1C)C(=O)O.Cl. The fourth-order valence-electron chi connectivity index (χ4n) is 1.69. The maximum atomic E-state index is 10.9. The van der Waals surface area contributed by atoms with E-state index in [2.05, 4.69) is 25.2 Å². The summed E-state index contributed by atoms with van der Waals surface area (Å²) in [5.41, 5.74) is 1.21. The van der Waals surface area contributed by atoms with E-state index in [4.69, 9.17) is 5.11 Å². The van der Waals surface area contributed by atoms with Gasteiger partial charge in [-0.2, -0.15) is 0 Å². The van der Waals surface area contributed by atoms with Crippen molar-refractivity contribution in [1.29, 1.82) is 0 Å². The van der Waals surface area contributed by atoms with Crippen molar-refractivity contribution in [2.24, 2.45) is 0 Å². The number of hydrogen-bond donors (Lipinski definition) is 2. The van der Waals surface area contributed by atoms with Crippen molar-refractivity contribution in [2.75, 3.05) is 0 Å². The van der Waals surface area contributed by atoms with Gasteiger partial charge in [0.1, 0.15) is 6.04 Å². The molecule has 1 rings (SSSR count). The zero-order chi connectivity index (χ0) is 12.1. The molecule has 0 aliphatic carbocycles. The van der Waals surface area contributed by atoms with Crippen molar-refractivity contribution in [3.63, 3.8) is 0 Å². The number of halogens is 1. The standard InChI is InChI=1S/C12H19NO2S.ClH/c1-4-5-11(12(14)15)13-7-10-6-8(2)16-9(10)3;/h6,11,13H,4-5,7H2,1-3H3,(H,14,15);1H. The predicted molar refractivity (Wildman–Crippen MR) is 74.2 cm³/mol. The van der Waals surface area contributed by atoms with Gasteiger partial charge in [0.15, 0.2) is 0 Å². The fourth-order valence-corrected chi connectivity index (χ4v) is 2.64. The lowest BCUT2D eigenvalue weighted by molar-refractivity contribution is -0.139. The first kappa shape index (κ1) is 16.4. The Labute approximate surface area is 113 Å². The number of aryl methyl sites for hydroxylation is 2. The Balaban J connectivity index is 0.00000256. The minimum atomic E-state index is -0.758. The molecule has 0 fully saturated rings. The summed E-state index contributed by atoms with van der Waals surface area (Å²) in [5, 5.41) is 12.1. The second kappa shape index (κ2) is 7.69. The Hall–Kier alpha value is -0.580. The Kier molecular flexibility index (Phi) is 7.43. The van der Waals surface area contributed by atoms with Gasteiger partial charge in [0.25, 0.3) is 0 Å². The molecular formula is C12H20ClNO2S. The molecule has 1 aromatic heterocycles. The van der Waals surface area contributed by atoms with Gasteiger partial charge in [0.05, 0.1) is 0 Å². The zero-order valence-electron chi connectivity index (χ0n) is 10.4. The van der Waals surface area contributed by atoms with Crippen LogP contribution in [0.25, 0.3) is 0 Å². The summed E-state index contributed by atoms with van der Waals surface area (Å²) in [6.45, 7) is 6.79.